The van der Waals surface area contributed by atoms with Crippen LogP contribution >= 0.6 is 0 Å². The van der Waals surface area contributed by atoms with Crippen molar-refractivity contribution in [3.63, 3.8) is 0 Å². The van der Waals surface area contributed by atoms with Gasteiger partial charge in [-0.3, -0.25) is 4.79 Å². The van der Waals surface area contributed by atoms with Crippen LogP contribution in [0.3, 0.4) is 0 Å². The highest BCUT2D eigenvalue weighted by Gasteiger charge is 2.34. The summed E-state index contributed by atoms with van der Waals surface area (Å²) in [4.78, 5) is 34.5. The van der Waals surface area contributed by atoms with Crippen molar-refractivity contribution < 1.29 is 23.9 Å². The number of nitrogens with zero attached hydrogens (tertiary/aromatic N) is 1. The Morgan fingerprint density at radius 3 is 2.30 bits per heavy atom. The summed E-state index contributed by atoms with van der Waals surface area (Å²) in [6, 6.07) is 0.107. The average Bonchev–Trinajstić information content (AvgIpc) is 3.21. The molecule has 3 rings (SSSR count). The van der Waals surface area contributed by atoms with Gasteiger partial charge in [0.25, 0.3) is 0 Å². The van der Waals surface area contributed by atoms with E-state index in [2.05, 4.69) is 10.1 Å². The van der Waals surface area contributed by atoms with Gasteiger partial charge in [-0.1, -0.05) is 25.7 Å². The Labute approximate surface area is 136 Å². The number of cyclic esters (lactones) is 2. The van der Waals surface area contributed by atoms with Crippen molar-refractivity contribution in [2.24, 2.45) is 5.92 Å². The van der Waals surface area contributed by atoms with Crippen LogP contribution in [0.5, 0.6) is 0 Å². The lowest BCUT2D eigenvalue weighted by molar-refractivity contribution is -0.129. The van der Waals surface area contributed by atoms with Gasteiger partial charge < -0.3 is 14.8 Å². The number of carbonyl (C=O) groups excluding carboxylic acids is 3. The number of nitrogens with one attached hydrogen (secondary N) is 1. The molecule has 2 aliphatic heterocycles. The lowest BCUT2D eigenvalue weighted by Gasteiger charge is -2.16. The predicted molar refractivity (Wildman–Crippen MR) is 82.8 cm³/mol. The molecule has 0 unspecified atom stereocenters. The summed E-state index contributed by atoms with van der Waals surface area (Å²) in [5, 5.41) is 2.56. The molecule has 7 nitrogen and oxygen atoms in total. The summed E-state index contributed by atoms with van der Waals surface area (Å²) in [7, 11) is 0. The molecule has 23 heavy (non-hydrogen) atoms. The standard InChI is InChI=1S/C12H19NO3.C4H7NO2/c1-9-8-16-12(15)13(9)11(14)7-6-10-4-2-3-5-10;1-3-2-7-4(6)5-3/h9-10H,2-8H2,1H3;3H,2H2,1H3,(H,5,6)/t9-;3-/m11/s1. The van der Waals surface area contributed by atoms with Crippen LogP contribution < -0.4 is 5.32 Å². The molecule has 1 N–H and O–H groups in total. The van der Waals surface area contributed by atoms with Gasteiger partial charge >= 0.3 is 12.2 Å². The first-order valence-electron chi connectivity index (χ1n) is 8.39. The first-order valence-corrected chi connectivity index (χ1v) is 8.39. The molecule has 0 aromatic heterocycles. The van der Waals surface area contributed by atoms with E-state index >= 15 is 0 Å². The lowest BCUT2D eigenvalue weighted by Crippen LogP contribution is -2.37. The Hall–Kier alpha value is -1.79. The monoisotopic (exact) mass is 326 g/mol. The molecule has 2 saturated heterocycles. The second-order valence-electron chi connectivity index (χ2n) is 6.52. The summed E-state index contributed by atoms with van der Waals surface area (Å²) in [5.74, 6) is 0.625. The summed E-state index contributed by atoms with van der Waals surface area (Å²) >= 11 is 0. The summed E-state index contributed by atoms with van der Waals surface area (Å²) in [5.41, 5.74) is 0. The van der Waals surface area contributed by atoms with Gasteiger partial charge in [0.1, 0.15) is 13.2 Å². The van der Waals surface area contributed by atoms with Gasteiger partial charge in [-0.05, 0) is 26.2 Å². The molecule has 0 aromatic rings. The predicted octanol–water partition coefficient (Wildman–Crippen LogP) is 2.44. The van der Waals surface area contributed by atoms with Crippen LogP contribution in [-0.4, -0.2) is 48.3 Å². The van der Waals surface area contributed by atoms with Crippen LogP contribution in [0.15, 0.2) is 0 Å². The third kappa shape index (κ3) is 5.11. The highest BCUT2D eigenvalue weighted by atomic mass is 16.6. The van der Waals surface area contributed by atoms with Crippen molar-refractivity contribution in [3.05, 3.63) is 0 Å². The molecule has 1 saturated carbocycles. The van der Waals surface area contributed by atoms with Crippen LogP contribution in [0.4, 0.5) is 9.59 Å². The molecule has 3 fully saturated rings. The number of hydrogen-bond donors (Lipinski definition) is 1. The third-order valence-electron chi connectivity index (χ3n) is 4.42. The Bertz CT molecular complexity index is 448. The first kappa shape index (κ1) is 17.6. The highest BCUT2D eigenvalue weighted by molar-refractivity contribution is 5.93. The summed E-state index contributed by atoms with van der Waals surface area (Å²) < 4.78 is 9.35. The van der Waals surface area contributed by atoms with E-state index in [-0.39, 0.29) is 24.1 Å². The van der Waals surface area contributed by atoms with Crippen LogP contribution in [0, 0.1) is 5.92 Å². The van der Waals surface area contributed by atoms with Crippen molar-refractivity contribution in [1.29, 1.82) is 0 Å². The Balaban J connectivity index is 0.000000229. The van der Waals surface area contributed by atoms with E-state index < -0.39 is 6.09 Å². The molecule has 130 valence electrons. The van der Waals surface area contributed by atoms with Gasteiger partial charge in [0.2, 0.25) is 5.91 Å². The fourth-order valence-corrected chi connectivity index (χ4v) is 3.10. The Morgan fingerprint density at radius 1 is 1.17 bits per heavy atom. The molecule has 1 aliphatic carbocycles. The van der Waals surface area contributed by atoms with E-state index in [1.807, 2.05) is 13.8 Å². The molecule has 2 heterocycles. The molecule has 2 atom stereocenters. The number of alkyl carbamates (subject to hydrolysis) is 1. The molecule has 7 heteroatoms. The largest absolute Gasteiger partial charge is 0.447 e. The summed E-state index contributed by atoms with van der Waals surface area (Å²) in [6.07, 6.45) is 5.72. The average molecular weight is 326 g/mol. The molecule has 0 aromatic carbocycles. The molecular formula is C16H26N2O5. The third-order valence-corrected chi connectivity index (χ3v) is 4.42. The lowest BCUT2D eigenvalue weighted by atomic mass is 10.0. The molecule has 0 radical (unpaired) electrons. The van der Waals surface area contributed by atoms with Crippen molar-refractivity contribution in [3.8, 4) is 0 Å². The second-order valence-corrected chi connectivity index (χ2v) is 6.52. The van der Waals surface area contributed by atoms with E-state index in [4.69, 9.17) is 4.74 Å². The zero-order valence-electron chi connectivity index (χ0n) is 13.9. The van der Waals surface area contributed by atoms with Gasteiger partial charge in [0.05, 0.1) is 12.1 Å². The van der Waals surface area contributed by atoms with Gasteiger partial charge in [-0.15, -0.1) is 0 Å². The number of rotatable bonds is 3. The van der Waals surface area contributed by atoms with Crippen LogP contribution in [0.25, 0.3) is 0 Å². The van der Waals surface area contributed by atoms with Gasteiger partial charge in [-0.2, -0.15) is 0 Å². The van der Waals surface area contributed by atoms with Crippen LogP contribution in [0.1, 0.15) is 52.4 Å². The van der Waals surface area contributed by atoms with Gasteiger partial charge in [0.15, 0.2) is 0 Å². The summed E-state index contributed by atoms with van der Waals surface area (Å²) in [6.45, 7) is 4.59. The zero-order valence-corrected chi connectivity index (χ0v) is 13.9. The molecular weight excluding hydrogens is 300 g/mol. The molecule has 3 amide bonds. The maximum Gasteiger partial charge on any atom is 0.416 e. The smallest absolute Gasteiger partial charge is 0.416 e. The minimum atomic E-state index is -0.469. The fraction of sp³-hybridized carbons (Fsp3) is 0.812. The zero-order chi connectivity index (χ0) is 16.8. The van der Waals surface area contributed by atoms with E-state index in [9.17, 15) is 14.4 Å². The SMILES string of the molecule is C[C@@H]1COC(=O)N1.C[C@@H]1COC(=O)N1C(=O)CCC1CCCC1. The van der Waals surface area contributed by atoms with Gasteiger partial charge in [0, 0.05) is 6.42 Å². The number of hydrogen-bond acceptors (Lipinski definition) is 5. The van der Waals surface area contributed by atoms with Crippen molar-refractivity contribution in [1.82, 2.24) is 10.2 Å². The van der Waals surface area contributed by atoms with Gasteiger partial charge in [-0.25, -0.2) is 14.5 Å². The van der Waals surface area contributed by atoms with Crippen LogP contribution in [-0.2, 0) is 14.3 Å². The second kappa shape index (κ2) is 8.17. The maximum atomic E-state index is 11.8. The minimum absolute atomic E-state index is 0.0677. The molecule has 0 spiro atoms. The quantitative estimate of drug-likeness (QED) is 0.861. The minimum Gasteiger partial charge on any atom is -0.447 e. The highest BCUT2D eigenvalue weighted by Crippen LogP contribution is 2.29. The Morgan fingerprint density at radius 2 is 1.87 bits per heavy atom. The van der Waals surface area contributed by atoms with E-state index in [1.54, 1.807) is 0 Å². The topological polar surface area (TPSA) is 84.9 Å². The molecule has 3 aliphatic rings. The number of carbonyl (C=O) groups is 3. The van der Waals surface area contributed by atoms with E-state index in [1.165, 1.54) is 30.6 Å². The van der Waals surface area contributed by atoms with E-state index in [0.29, 0.717) is 25.6 Å². The van der Waals surface area contributed by atoms with Crippen molar-refractivity contribution in [2.45, 2.75) is 64.5 Å². The number of amides is 3. The first-order chi connectivity index (χ1) is 11.0. The number of imide groups is 1. The molecule has 0 bridgehead atoms. The van der Waals surface area contributed by atoms with Crippen molar-refractivity contribution >= 4 is 18.1 Å². The fourth-order valence-electron chi connectivity index (χ4n) is 3.10. The Kier molecular flexibility index (Phi) is 6.24. The van der Waals surface area contributed by atoms with E-state index in [0.717, 1.165) is 6.42 Å². The maximum absolute atomic E-state index is 11.8. The van der Waals surface area contributed by atoms with Crippen molar-refractivity contribution in [2.75, 3.05) is 13.2 Å². The van der Waals surface area contributed by atoms with Crippen LogP contribution in [0.2, 0.25) is 0 Å². The number of ether oxygens (including phenoxy) is 2. The normalized spacial score (nSPS) is 27.1.